The molecule has 0 saturated heterocycles. The van der Waals surface area contributed by atoms with Gasteiger partial charge in [-0.1, -0.05) is 0 Å². The van der Waals surface area contributed by atoms with E-state index in [9.17, 15) is 14.7 Å². The molecule has 0 radical (unpaired) electrons. The largest absolute Gasteiger partial charge is 0.480 e. The van der Waals surface area contributed by atoms with Crippen LogP contribution in [0.25, 0.3) is 0 Å². The molecule has 4 N–H and O–H groups in total. The minimum Gasteiger partial charge on any atom is -0.480 e. The number of aromatic amines is 1. The molecule has 112 valence electrons. The topological polar surface area (TPSA) is 119 Å². The third kappa shape index (κ3) is 3.95. The van der Waals surface area contributed by atoms with Crippen molar-refractivity contribution in [2.24, 2.45) is 0 Å². The zero-order valence-electron chi connectivity index (χ0n) is 11.8. The number of carboxylic acids is 1. The lowest BCUT2D eigenvalue weighted by molar-refractivity contribution is -0.139. The fourth-order valence-electron chi connectivity index (χ4n) is 1.44. The third-order valence-electron chi connectivity index (χ3n) is 3.17. The number of hydrogen-bond acceptors (Lipinski definition) is 4. The molecule has 0 saturated carbocycles. The second kappa shape index (κ2) is 6.38. The number of nitrogens with one attached hydrogen (secondary N) is 2. The molecule has 0 bridgehead atoms. The number of likely N-dealkylation sites (N-methyl/N-ethyl adjacent to an activating group) is 1. The van der Waals surface area contributed by atoms with E-state index in [2.05, 4.69) is 15.3 Å². The number of aliphatic hydroxyl groups excluding tert-OH is 1. The number of carbonyl (C=O) groups is 2. The highest BCUT2D eigenvalue weighted by molar-refractivity contribution is 5.83. The van der Waals surface area contributed by atoms with Crippen LogP contribution in [0.15, 0.2) is 12.5 Å². The van der Waals surface area contributed by atoms with Crippen LogP contribution in [-0.2, 0) is 11.2 Å². The minimum atomic E-state index is -1.14. The van der Waals surface area contributed by atoms with Gasteiger partial charge in [0.2, 0.25) is 0 Å². The number of amides is 2. The van der Waals surface area contributed by atoms with Gasteiger partial charge in [0.05, 0.1) is 18.5 Å². The Hall–Kier alpha value is -2.09. The molecule has 0 aliphatic rings. The molecule has 0 unspecified atom stereocenters. The summed E-state index contributed by atoms with van der Waals surface area (Å²) in [5.74, 6) is -1.14. The van der Waals surface area contributed by atoms with Gasteiger partial charge in [-0.05, 0) is 13.8 Å². The predicted molar refractivity (Wildman–Crippen MR) is 71.2 cm³/mol. The van der Waals surface area contributed by atoms with Crippen LogP contribution in [0.3, 0.4) is 0 Å². The minimum absolute atomic E-state index is 0.106. The van der Waals surface area contributed by atoms with Gasteiger partial charge in [-0.2, -0.15) is 0 Å². The highest BCUT2D eigenvalue weighted by Gasteiger charge is 2.30. The highest BCUT2D eigenvalue weighted by Crippen LogP contribution is 2.11. The highest BCUT2D eigenvalue weighted by atomic mass is 16.4. The van der Waals surface area contributed by atoms with E-state index < -0.39 is 23.6 Å². The summed E-state index contributed by atoms with van der Waals surface area (Å²) in [6.07, 6.45) is 3.05. The van der Waals surface area contributed by atoms with Crippen molar-refractivity contribution in [3.8, 4) is 0 Å². The third-order valence-corrected chi connectivity index (χ3v) is 3.17. The molecule has 0 spiro atoms. The van der Waals surface area contributed by atoms with Crippen molar-refractivity contribution in [2.75, 3.05) is 13.7 Å². The van der Waals surface area contributed by atoms with Crippen molar-refractivity contribution in [3.63, 3.8) is 0 Å². The summed E-state index contributed by atoms with van der Waals surface area (Å²) in [5, 5.41) is 20.8. The van der Waals surface area contributed by atoms with Gasteiger partial charge in [-0.3, -0.25) is 0 Å². The summed E-state index contributed by atoms with van der Waals surface area (Å²) in [5.41, 5.74) is -0.164. The standard InChI is InChI=1S/C12H20N4O4/c1-12(2,6-17)16(3)11(20)15-9(10(18)19)4-8-5-13-7-14-8/h5,7,9,17H,4,6H2,1-3H3,(H,13,14)(H,15,20)(H,18,19)/t9-/m1/s1. The first-order chi connectivity index (χ1) is 9.27. The van der Waals surface area contributed by atoms with Crippen molar-refractivity contribution in [1.82, 2.24) is 20.2 Å². The van der Waals surface area contributed by atoms with Crippen LogP contribution in [0, 0.1) is 0 Å². The monoisotopic (exact) mass is 284 g/mol. The normalized spacial score (nSPS) is 12.8. The molecular weight excluding hydrogens is 264 g/mol. The van der Waals surface area contributed by atoms with Crippen molar-refractivity contribution in [2.45, 2.75) is 31.8 Å². The van der Waals surface area contributed by atoms with Gasteiger partial charge in [0, 0.05) is 25.4 Å². The van der Waals surface area contributed by atoms with E-state index in [0.717, 1.165) is 0 Å². The Labute approximate surface area is 116 Å². The smallest absolute Gasteiger partial charge is 0.326 e. The Morgan fingerprint density at radius 1 is 1.55 bits per heavy atom. The Balaban J connectivity index is 2.71. The number of carbonyl (C=O) groups excluding carboxylic acids is 1. The van der Waals surface area contributed by atoms with E-state index in [4.69, 9.17) is 5.11 Å². The van der Waals surface area contributed by atoms with E-state index in [1.54, 1.807) is 13.8 Å². The number of aliphatic carboxylic acids is 1. The molecule has 0 aromatic carbocycles. The summed E-state index contributed by atoms with van der Waals surface area (Å²) in [4.78, 5) is 31.0. The van der Waals surface area contributed by atoms with Crippen molar-refractivity contribution in [3.05, 3.63) is 18.2 Å². The van der Waals surface area contributed by atoms with Crippen LogP contribution in [-0.4, -0.2) is 62.3 Å². The summed E-state index contributed by atoms with van der Waals surface area (Å²) in [6.45, 7) is 3.13. The number of H-pyrrole nitrogens is 1. The Morgan fingerprint density at radius 2 is 2.20 bits per heavy atom. The van der Waals surface area contributed by atoms with E-state index >= 15 is 0 Å². The molecule has 1 atom stereocenters. The van der Waals surface area contributed by atoms with Gasteiger partial charge in [0.15, 0.2) is 0 Å². The number of aromatic nitrogens is 2. The number of nitrogens with zero attached hydrogens (tertiary/aromatic N) is 2. The molecule has 1 aromatic heterocycles. The number of carboxylic acid groups (broad SMARTS) is 1. The molecule has 0 aliphatic carbocycles. The van der Waals surface area contributed by atoms with Crippen LogP contribution in [0.5, 0.6) is 0 Å². The quantitative estimate of drug-likeness (QED) is 0.578. The zero-order valence-corrected chi connectivity index (χ0v) is 11.8. The first-order valence-electron chi connectivity index (χ1n) is 6.13. The molecule has 0 aliphatic heterocycles. The molecular formula is C12H20N4O4. The molecule has 8 nitrogen and oxygen atoms in total. The summed E-state index contributed by atoms with van der Waals surface area (Å²) in [6, 6.07) is -1.63. The maximum absolute atomic E-state index is 12.0. The van der Waals surface area contributed by atoms with Gasteiger partial charge >= 0.3 is 12.0 Å². The van der Waals surface area contributed by atoms with Gasteiger partial charge in [-0.25, -0.2) is 14.6 Å². The molecule has 20 heavy (non-hydrogen) atoms. The molecule has 1 aromatic rings. The second-order valence-corrected chi connectivity index (χ2v) is 5.15. The molecule has 0 fully saturated rings. The van der Waals surface area contributed by atoms with Crippen LogP contribution in [0.1, 0.15) is 19.5 Å². The number of aliphatic hydroxyl groups is 1. The fourth-order valence-corrected chi connectivity index (χ4v) is 1.44. The van der Waals surface area contributed by atoms with E-state index in [0.29, 0.717) is 5.69 Å². The van der Waals surface area contributed by atoms with Gasteiger partial charge < -0.3 is 25.4 Å². The molecule has 1 rings (SSSR count). The van der Waals surface area contributed by atoms with Gasteiger partial charge in [0.25, 0.3) is 0 Å². The van der Waals surface area contributed by atoms with E-state index in [1.807, 2.05) is 0 Å². The van der Waals surface area contributed by atoms with E-state index in [-0.39, 0.29) is 13.0 Å². The number of urea groups is 1. The van der Waals surface area contributed by atoms with Crippen LogP contribution in [0.2, 0.25) is 0 Å². The number of hydrogen-bond donors (Lipinski definition) is 4. The lowest BCUT2D eigenvalue weighted by atomic mass is 10.1. The zero-order chi connectivity index (χ0) is 15.3. The molecule has 1 heterocycles. The maximum atomic E-state index is 12.0. The number of imidazole rings is 1. The Morgan fingerprint density at radius 3 is 2.65 bits per heavy atom. The van der Waals surface area contributed by atoms with Crippen molar-refractivity contribution in [1.29, 1.82) is 0 Å². The lowest BCUT2D eigenvalue weighted by Gasteiger charge is -2.34. The van der Waals surface area contributed by atoms with Crippen LogP contribution in [0.4, 0.5) is 4.79 Å². The summed E-state index contributed by atoms with van der Waals surface area (Å²) < 4.78 is 0. The average Bonchev–Trinajstić information content (AvgIpc) is 2.89. The van der Waals surface area contributed by atoms with Crippen molar-refractivity contribution >= 4 is 12.0 Å². The lowest BCUT2D eigenvalue weighted by Crippen LogP contribution is -2.55. The van der Waals surface area contributed by atoms with E-state index in [1.165, 1.54) is 24.5 Å². The maximum Gasteiger partial charge on any atom is 0.326 e. The Kier molecular flexibility index (Phi) is 5.09. The van der Waals surface area contributed by atoms with Crippen LogP contribution >= 0.6 is 0 Å². The van der Waals surface area contributed by atoms with Crippen molar-refractivity contribution < 1.29 is 19.8 Å². The molecule has 2 amide bonds. The summed E-state index contributed by atoms with van der Waals surface area (Å²) >= 11 is 0. The predicted octanol–water partition coefficient (Wildman–Crippen LogP) is -0.182. The first kappa shape index (κ1) is 16.0. The second-order valence-electron chi connectivity index (χ2n) is 5.15. The summed E-state index contributed by atoms with van der Waals surface area (Å²) in [7, 11) is 1.50. The van der Waals surface area contributed by atoms with Gasteiger partial charge in [-0.15, -0.1) is 0 Å². The fraction of sp³-hybridized carbons (Fsp3) is 0.583. The van der Waals surface area contributed by atoms with Gasteiger partial charge in [0.1, 0.15) is 6.04 Å². The first-order valence-corrected chi connectivity index (χ1v) is 6.13. The average molecular weight is 284 g/mol. The SMILES string of the molecule is CN(C(=O)N[C@H](Cc1cnc[nH]1)C(=O)O)C(C)(C)CO. The Bertz CT molecular complexity index is 458. The molecule has 8 heteroatoms. The van der Waals surface area contributed by atoms with Crippen LogP contribution < -0.4 is 5.32 Å². The number of rotatable bonds is 6.